The molecule has 0 spiro atoms. The number of aliphatic hydroxyl groups excluding tert-OH is 1. The topological polar surface area (TPSA) is 121 Å². The Hall–Kier alpha value is -2.23. The van der Waals surface area contributed by atoms with Crippen molar-refractivity contribution in [3.8, 4) is 0 Å². The number of nitrogens with one attached hydrogen (secondary N) is 1. The second-order valence-corrected chi connectivity index (χ2v) is 8.13. The van der Waals surface area contributed by atoms with E-state index in [1.807, 2.05) is 26.0 Å². The molecule has 9 heteroatoms. The predicted octanol–water partition coefficient (Wildman–Crippen LogP) is 0.788. The minimum atomic E-state index is -3.73. The lowest BCUT2D eigenvalue weighted by Crippen LogP contribution is -2.32. The van der Waals surface area contributed by atoms with Crippen LogP contribution in [0.2, 0.25) is 0 Å². The molecule has 4 N–H and O–H groups in total. The Bertz CT molecular complexity index is 917. The lowest BCUT2D eigenvalue weighted by Gasteiger charge is -2.30. The number of aromatic nitrogens is 2. The van der Waals surface area contributed by atoms with Gasteiger partial charge in [-0.2, -0.15) is 4.98 Å². The monoisotopic (exact) mass is 377 g/mol. The van der Waals surface area contributed by atoms with Gasteiger partial charge in [-0.05, 0) is 43.5 Å². The Morgan fingerprint density at radius 3 is 2.77 bits per heavy atom. The SMILES string of the molecule is Cc1cc(N2CCc3ccc(S(N)(=O)=O)cc3C2)nc(N[C@@H](C)CO)n1. The lowest BCUT2D eigenvalue weighted by atomic mass is 10.00. The number of rotatable bonds is 5. The third-order valence-corrected chi connectivity index (χ3v) is 5.24. The Kier molecular flexibility index (Phi) is 5.12. The van der Waals surface area contributed by atoms with Gasteiger partial charge < -0.3 is 15.3 Å². The molecule has 2 heterocycles. The van der Waals surface area contributed by atoms with E-state index in [1.165, 1.54) is 0 Å². The number of anilines is 2. The van der Waals surface area contributed by atoms with Crippen molar-refractivity contribution < 1.29 is 13.5 Å². The first-order valence-electron chi connectivity index (χ1n) is 8.39. The number of nitrogens with zero attached hydrogens (tertiary/aromatic N) is 3. The summed E-state index contributed by atoms with van der Waals surface area (Å²) in [5.41, 5.74) is 2.86. The minimum absolute atomic E-state index is 0.0138. The zero-order valence-corrected chi connectivity index (χ0v) is 15.6. The number of fused-ring (bicyclic) bond motifs is 1. The molecule has 0 bridgehead atoms. The molecule has 1 aromatic heterocycles. The number of aliphatic hydroxyl groups is 1. The van der Waals surface area contributed by atoms with E-state index in [0.29, 0.717) is 12.5 Å². The van der Waals surface area contributed by atoms with Gasteiger partial charge in [-0.3, -0.25) is 0 Å². The van der Waals surface area contributed by atoms with Gasteiger partial charge >= 0.3 is 0 Å². The number of nitrogens with two attached hydrogens (primary N) is 1. The first kappa shape index (κ1) is 18.6. The molecule has 26 heavy (non-hydrogen) atoms. The van der Waals surface area contributed by atoms with E-state index in [-0.39, 0.29) is 17.5 Å². The summed E-state index contributed by atoms with van der Waals surface area (Å²) in [7, 11) is -3.73. The molecule has 1 aromatic carbocycles. The third-order valence-electron chi connectivity index (χ3n) is 4.33. The second kappa shape index (κ2) is 7.18. The van der Waals surface area contributed by atoms with E-state index in [0.717, 1.165) is 35.6 Å². The van der Waals surface area contributed by atoms with Crippen molar-refractivity contribution in [1.82, 2.24) is 9.97 Å². The zero-order chi connectivity index (χ0) is 18.9. The molecular weight excluding hydrogens is 354 g/mol. The predicted molar refractivity (Wildman–Crippen MR) is 99.5 cm³/mol. The van der Waals surface area contributed by atoms with Crippen LogP contribution in [-0.4, -0.2) is 42.7 Å². The van der Waals surface area contributed by atoms with Crippen LogP contribution in [0.5, 0.6) is 0 Å². The largest absolute Gasteiger partial charge is 0.394 e. The fourth-order valence-corrected chi connectivity index (χ4v) is 3.51. The van der Waals surface area contributed by atoms with Gasteiger partial charge in [-0.1, -0.05) is 6.07 Å². The normalized spacial score (nSPS) is 15.5. The molecule has 8 nitrogen and oxygen atoms in total. The summed E-state index contributed by atoms with van der Waals surface area (Å²) in [6.45, 7) is 5.03. The first-order valence-corrected chi connectivity index (χ1v) is 9.93. The number of benzene rings is 1. The minimum Gasteiger partial charge on any atom is -0.394 e. The van der Waals surface area contributed by atoms with Gasteiger partial charge in [-0.25, -0.2) is 18.5 Å². The van der Waals surface area contributed by atoms with Gasteiger partial charge in [0.25, 0.3) is 0 Å². The maximum atomic E-state index is 11.6. The molecular formula is C17H23N5O3S. The van der Waals surface area contributed by atoms with Crippen LogP contribution in [0.15, 0.2) is 29.2 Å². The molecule has 0 aliphatic carbocycles. The van der Waals surface area contributed by atoms with E-state index in [4.69, 9.17) is 5.14 Å². The van der Waals surface area contributed by atoms with Crippen molar-refractivity contribution in [1.29, 1.82) is 0 Å². The van der Waals surface area contributed by atoms with Crippen LogP contribution in [0.4, 0.5) is 11.8 Å². The standard InChI is InChI=1S/C17H23N5O3S/c1-11-7-16(21-17(19-11)20-12(2)10-23)22-6-5-13-3-4-15(26(18,24)25)8-14(13)9-22/h3-4,7-8,12,23H,5-6,9-10H2,1-2H3,(H2,18,24,25)(H,19,20,21)/t12-/m0/s1. The van der Waals surface area contributed by atoms with E-state index in [1.54, 1.807) is 12.1 Å². The van der Waals surface area contributed by atoms with Crippen molar-refractivity contribution >= 4 is 21.8 Å². The second-order valence-electron chi connectivity index (χ2n) is 6.57. The van der Waals surface area contributed by atoms with Gasteiger partial charge in [0.05, 0.1) is 11.5 Å². The van der Waals surface area contributed by atoms with Crippen molar-refractivity contribution in [2.75, 3.05) is 23.4 Å². The molecule has 0 fully saturated rings. The fraction of sp³-hybridized carbons (Fsp3) is 0.412. The molecule has 140 valence electrons. The summed E-state index contributed by atoms with van der Waals surface area (Å²) in [5.74, 6) is 1.22. The van der Waals surface area contributed by atoms with Gasteiger partial charge in [0.1, 0.15) is 5.82 Å². The average Bonchev–Trinajstić information content (AvgIpc) is 2.59. The summed E-state index contributed by atoms with van der Waals surface area (Å²) in [5, 5.41) is 17.5. The summed E-state index contributed by atoms with van der Waals surface area (Å²) >= 11 is 0. The van der Waals surface area contributed by atoms with Crippen LogP contribution in [0.25, 0.3) is 0 Å². The lowest BCUT2D eigenvalue weighted by molar-refractivity contribution is 0.281. The van der Waals surface area contributed by atoms with Crippen LogP contribution in [0.1, 0.15) is 23.7 Å². The molecule has 1 atom stereocenters. The van der Waals surface area contributed by atoms with Crippen molar-refractivity contribution in [3.63, 3.8) is 0 Å². The molecule has 0 unspecified atom stereocenters. The van der Waals surface area contributed by atoms with Crippen LogP contribution >= 0.6 is 0 Å². The molecule has 0 radical (unpaired) electrons. The maximum Gasteiger partial charge on any atom is 0.238 e. The number of aryl methyl sites for hydroxylation is 1. The maximum absolute atomic E-state index is 11.6. The molecule has 0 amide bonds. The van der Waals surface area contributed by atoms with Gasteiger partial charge in [0.2, 0.25) is 16.0 Å². The highest BCUT2D eigenvalue weighted by Gasteiger charge is 2.21. The Labute approximate surface area is 153 Å². The van der Waals surface area contributed by atoms with Crippen LogP contribution in [-0.2, 0) is 23.0 Å². The molecule has 1 aliphatic heterocycles. The van der Waals surface area contributed by atoms with Gasteiger partial charge in [0.15, 0.2) is 0 Å². The van der Waals surface area contributed by atoms with Crippen LogP contribution in [0.3, 0.4) is 0 Å². The summed E-state index contributed by atoms with van der Waals surface area (Å²) < 4.78 is 23.2. The van der Waals surface area contributed by atoms with E-state index in [9.17, 15) is 13.5 Å². The zero-order valence-electron chi connectivity index (χ0n) is 14.8. The third kappa shape index (κ3) is 4.12. The average molecular weight is 377 g/mol. The number of primary sulfonamides is 1. The van der Waals surface area contributed by atoms with Gasteiger partial charge in [-0.15, -0.1) is 0 Å². The summed E-state index contributed by atoms with van der Waals surface area (Å²) in [6, 6.07) is 6.76. The summed E-state index contributed by atoms with van der Waals surface area (Å²) in [4.78, 5) is 11.1. The van der Waals surface area contributed by atoms with Crippen molar-refractivity contribution in [2.24, 2.45) is 5.14 Å². The van der Waals surface area contributed by atoms with E-state index >= 15 is 0 Å². The Balaban J connectivity index is 1.88. The quantitative estimate of drug-likeness (QED) is 0.704. The molecule has 3 rings (SSSR count). The highest BCUT2D eigenvalue weighted by atomic mass is 32.2. The van der Waals surface area contributed by atoms with Crippen LogP contribution < -0.4 is 15.4 Å². The number of hydrogen-bond donors (Lipinski definition) is 3. The van der Waals surface area contributed by atoms with E-state index < -0.39 is 10.0 Å². The van der Waals surface area contributed by atoms with Crippen molar-refractivity contribution in [2.45, 2.75) is 37.8 Å². The number of sulfonamides is 1. The van der Waals surface area contributed by atoms with Crippen molar-refractivity contribution in [3.05, 3.63) is 41.1 Å². The first-order chi connectivity index (χ1) is 12.3. The Morgan fingerprint density at radius 2 is 2.08 bits per heavy atom. The van der Waals surface area contributed by atoms with Crippen LogP contribution in [0, 0.1) is 6.92 Å². The number of hydrogen-bond acceptors (Lipinski definition) is 7. The highest BCUT2D eigenvalue weighted by Crippen LogP contribution is 2.26. The highest BCUT2D eigenvalue weighted by molar-refractivity contribution is 7.89. The molecule has 2 aromatic rings. The smallest absolute Gasteiger partial charge is 0.238 e. The van der Waals surface area contributed by atoms with Gasteiger partial charge in [0, 0.05) is 30.9 Å². The molecule has 1 aliphatic rings. The summed E-state index contributed by atoms with van der Waals surface area (Å²) in [6.07, 6.45) is 0.791. The Morgan fingerprint density at radius 1 is 1.31 bits per heavy atom. The molecule has 0 saturated heterocycles. The molecule has 0 saturated carbocycles. The fourth-order valence-electron chi connectivity index (χ4n) is 2.95. The van der Waals surface area contributed by atoms with E-state index in [2.05, 4.69) is 20.2 Å².